The first-order valence-corrected chi connectivity index (χ1v) is 8.14. The molecule has 19 heavy (non-hydrogen) atoms. The van der Waals surface area contributed by atoms with E-state index in [-0.39, 0.29) is 11.1 Å². The summed E-state index contributed by atoms with van der Waals surface area (Å²) in [5.74, 6) is -0.260. The number of carbonyl (C=O) groups excluding carboxylic acids is 2. The number of rotatable bonds is 10. The van der Waals surface area contributed by atoms with Crippen molar-refractivity contribution >= 4 is 22.8 Å². The van der Waals surface area contributed by atoms with Gasteiger partial charge >= 0.3 is 5.97 Å². The maximum atomic E-state index is 12.0. The van der Waals surface area contributed by atoms with E-state index in [1.54, 1.807) is 6.92 Å². The highest BCUT2D eigenvalue weighted by Gasteiger charge is 2.36. The van der Waals surface area contributed by atoms with Gasteiger partial charge in [-0.15, -0.1) is 0 Å². The molecule has 0 spiro atoms. The molecule has 0 aliphatic carbocycles. The van der Waals surface area contributed by atoms with Gasteiger partial charge in [0.15, 0.2) is 5.12 Å². The molecule has 0 aliphatic heterocycles. The van der Waals surface area contributed by atoms with Gasteiger partial charge in [-0.25, -0.2) is 0 Å². The Kier molecular flexibility index (Phi) is 10.0. The van der Waals surface area contributed by atoms with Crippen LogP contribution in [0.3, 0.4) is 0 Å². The molecule has 0 aromatic rings. The molecule has 4 heteroatoms. The summed E-state index contributed by atoms with van der Waals surface area (Å²) >= 11 is 1.10. The van der Waals surface area contributed by atoms with Crippen molar-refractivity contribution in [3.63, 3.8) is 0 Å². The summed E-state index contributed by atoms with van der Waals surface area (Å²) in [5, 5.41) is -0.0264. The zero-order valence-electron chi connectivity index (χ0n) is 12.8. The van der Waals surface area contributed by atoms with E-state index in [0.29, 0.717) is 13.0 Å². The Balaban J connectivity index is 4.19. The van der Waals surface area contributed by atoms with Crippen LogP contribution in [0.2, 0.25) is 0 Å². The second-order valence-electron chi connectivity index (χ2n) is 5.06. The number of thioether (sulfide) groups is 1. The molecule has 0 rings (SSSR count). The van der Waals surface area contributed by atoms with Crippen LogP contribution in [-0.4, -0.2) is 22.4 Å². The van der Waals surface area contributed by atoms with Gasteiger partial charge in [0.25, 0.3) is 0 Å². The molecule has 0 bridgehead atoms. The highest BCUT2D eigenvalue weighted by molar-refractivity contribution is 8.15. The van der Waals surface area contributed by atoms with Crippen molar-refractivity contribution in [3.8, 4) is 0 Å². The second kappa shape index (κ2) is 10.3. The molecule has 0 aromatic carbocycles. The predicted octanol–water partition coefficient (Wildman–Crippen LogP) is 4.34. The van der Waals surface area contributed by atoms with E-state index < -0.39 is 4.75 Å². The first-order chi connectivity index (χ1) is 8.96. The zero-order valence-corrected chi connectivity index (χ0v) is 13.6. The lowest BCUT2D eigenvalue weighted by molar-refractivity contribution is -0.146. The quantitative estimate of drug-likeness (QED) is 0.443. The molecule has 0 saturated heterocycles. The van der Waals surface area contributed by atoms with Crippen LogP contribution < -0.4 is 0 Å². The van der Waals surface area contributed by atoms with Crippen molar-refractivity contribution in [2.24, 2.45) is 0 Å². The molecule has 0 fully saturated rings. The van der Waals surface area contributed by atoms with Crippen LogP contribution in [0.5, 0.6) is 0 Å². The van der Waals surface area contributed by atoms with E-state index in [1.807, 2.05) is 6.92 Å². The van der Waals surface area contributed by atoms with Gasteiger partial charge in [0.05, 0.1) is 6.61 Å². The van der Waals surface area contributed by atoms with Gasteiger partial charge in [-0.2, -0.15) is 0 Å². The van der Waals surface area contributed by atoms with Crippen molar-refractivity contribution in [1.29, 1.82) is 0 Å². The highest BCUT2D eigenvalue weighted by Crippen LogP contribution is 2.33. The predicted molar refractivity (Wildman–Crippen MR) is 81.3 cm³/mol. The van der Waals surface area contributed by atoms with E-state index in [0.717, 1.165) is 24.6 Å². The second-order valence-corrected chi connectivity index (χ2v) is 6.74. The Morgan fingerprint density at radius 1 is 1.05 bits per heavy atom. The summed E-state index contributed by atoms with van der Waals surface area (Å²) in [7, 11) is 0. The van der Waals surface area contributed by atoms with E-state index >= 15 is 0 Å². The minimum atomic E-state index is -0.716. The molecule has 0 amide bonds. The topological polar surface area (TPSA) is 43.4 Å². The van der Waals surface area contributed by atoms with E-state index in [1.165, 1.54) is 32.6 Å². The van der Waals surface area contributed by atoms with Crippen LogP contribution in [0.4, 0.5) is 0 Å². The summed E-state index contributed by atoms with van der Waals surface area (Å²) in [6.07, 6.45) is 7.77. The van der Waals surface area contributed by atoms with Crippen LogP contribution >= 0.6 is 11.8 Å². The first-order valence-electron chi connectivity index (χ1n) is 7.33. The third-order valence-corrected chi connectivity index (χ3v) is 4.19. The smallest absolute Gasteiger partial charge is 0.322 e. The van der Waals surface area contributed by atoms with Crippen molar-refractivity contribution in [1.82, 2.24) is 0 Å². The van der Waals surface area contributed by atoms with Gasteiger partial charge in [-0.05, 0) is 20.3 Å². The van der Waals surface area contributed by atoms with Crippen molar-refractivity contribution < 1.29 is 14.3 Å². The van der Waals surface area contributed by atoms with Crippen molar-refractivity contribution in [3.05, 3.63) is 0 Å². The molecule has 0 aromatic heterocycles. The molecule has 0 radical (unpaired) electrons. The molecule has 0 aliphatic rings. The number of carbonyl (C=O) groups is 2. The number of hydrogen-bond donors (Lipinski definition) is 0. The summed E-state index contributed by atoms with van der Waals surface area (Å²) in [4.78, 5) is 23.3. The van der Waals surface area contributed by atoms with E-state index in [2.05, 4.69) is 6.92 Å². The normalized spacial score (nSPS) is 13.9. The summed E-state index contributed by atoms with van der Waals surface area (Å²) in [6, 6.07) is 0. The highest BCUT2D eigenvalue weighted by atomic mass is 32.2. The van der Waals surface area contributed by atoms with E-state index in [9.17, 15) is 9.59 Å². The SMILES string of the molecule is CCCCCCCC[C@](C)(SC(C)=O)C(=O)OCC. The molecule has 0 saturated carbocycles. The first kappa shape index (κ1) is 18.5. The van der Waals surface area contributed by atoms with Gasteiger partial charge in [-0.3, -0.25) is 9.59 Å². The third kappa shape index (κ3) is 8.30. The van der Waals surface area contributed by atoms with Gasteiger partial charge in [0, 0.05) is 6.92 Å². The van der Waals surface area contributed by atoms with Crippen LogP contribution in [0.1, 0.15) is 72.6 Å². The summed E-state index contributed by atoms with van der Waals surface area (Å²) < 4.78 is 4.38. The maximum Gasteiger partial charge on any atom is 0.322 e. The number of hydrogen-bond acceptors (Lipinski definition) is 4. The van der Waals surface area contributed by atoms with E-state index in [4.69, 9.17) is 4.74 Å². The zero-order chi connectivity index (χ0) is 14.7. The molecule has 0 N–H and O–H groups in total. The molecular weight excluding hydrogens is 260 g/mol. The summed E-state index contributed by atoms with van der Waals surface area (Å²) in [5.41, 5.74) is 0. The molecular formula is C15H28O3S. The Morgan fingerprint density at radius 2 is 1.63 bits per heavy atom. The van der Waals surface area contributed by atoms with Crippen molar-refractivity contribution in [2.75, 3.05) is 6.61 Å². The minimum absolute atomic E-state index is 0.0264. The molecule has 1 atom stereocenters. The lowest BCUT2D eigenvalue weighted by Gasteiger charge is -2.25. The Bertz CT molecular complexity index is 279. The van der Waals surface area contributed by atoms with Gasteiger partial charge in [-0.1, -0.05) is 57.2 Å². The Labute approximate surface area is 121 Å². The van der Waals surface area contributed by atoms with Crippen LogP contribution in [0.25, 0.3) is 0 Å². The number of ether oxygens (including phenoxy) is 1. The molecule has 112 valence electrons. The number of unbranched alkanes of at least 4 members (excludes halogenated alkanes) is 5. The molecule has 3 nitrogen and oxygen atoms in total. The van der Waals surface area contributed by atoms with Crippen LogP contribution in [0, 0.1) is 0 Å². The fourth-order valence-corrected chi connectivity index (χ4v) is 3.06. The average molecular weight is 288 g/mol. The standard InChI is InChI=1S/C15H28O3S/c1-5-7-8-9-10-11-12-15(4,19-13(3)16)14(17)18-6-2/h5-12H2,1-4H3/t15-/m0/s1. The lowest BCUT2D eigenvalue weighted by Crippen LogP contribution is -2.34. The maximum absolute atomic E-state index is 12.0. The average Bonchev–Trinajstić information content (AvgIpc) is 2.33. The Hall–Kier alpha value is -0.510. The lowest BCUT2D eigenvalue weighted by atomic mass is 10.0. The van der Waals surface area contributed by atoms with Crippen LogP contribution in [0.15, 0.2) is 0 Å². The van der Waals surface area contributed by atoms with Crippen molar-refractivity contribution in [2.45, 2.75) is 77.4 Å². The van der Waals surface area contributed by atoms with Gasteiger partial charge < -0.3 is 4.74 Å². The third-order valence-electron chi connectivity index (χ3n) is 3.08. The fraction of sp³-hybridized carbons (Fsp3) is 0.867. The minimum Gasteiger partial charge on any atom is -0.465 e. The summed E-state index contributed by atoms with van der Waals surface area (Å²) in [6.45, 7) is 7.68. The van der Waals surface area contributed by atoms with Gasteiger partial charge in [0.2, 0.25) is 0 Å². The molecule has 0 unspecified atom stereocenters. The fourth-order valence-electron chi connectivity index (χ4n) is 2.04. The monoisotopic (exact) mass is 288 g/mol. The number of esters is 1. The van der Waals surface area contributed by atoms with Crippen LogP contribution in [-0.2, 0) is 14.3 Å². The Morgan fingerprint density at radius 3 is 2.16 bits per heavy atom. The molecule has 0 heterocycles. The van der Waals surface area contributed by atoms with Gasteiger partial charge in [0.1, 0.15) is 4.75 Å². The largest absolute Gasteiger partial charge is 0.465 e.